The van der Waals surface area contributed by atoms with E-state index in [1.165, 1.54) is 0 Å². The normalized spacial score (nSPS) is 11.4. The summed E-state index contributed by atoms with van der Waals surface area (Å²) in [5.74, 6) is -0.0119. The van der Waals surface area contributed by atoms with Crippen LogP contribution in [0.1, 0.15) is 28.4 Å². The van der Waals surface area contributed by atoms with Crippen molar-refractivity contribution < 1.29 is 14.3 Å². The van der Waals surface area contributed by atoms with Crippen LogP contribution in [0.4, 0.5) is 0 Å². The van der Waals surface area contributed by atoms with Crippen molar-refractivity contribution in [3.05, 3.63) is 102 Å². The van der Waals surface area contributed by atoms with Crippen molar-refractivity contribution in [2.45, 2.75) is 26.1 Å². The zero-order valence-electron chi connectivity index (χ0n) is 17.2. The Balaban J connectivity index is 1.63. The Kier molecular flexibility index (Phi) is 7.22. The van der Waals surface area contributed by atoms with Crippen molar-refractivity contribution >= 4 is 11.8 Å². The maximum absolute atomic E-state index is 12.7. The molecule has 154 valence electrons. The first-order valence-electron chi connectivity index (χ1n) is 9.91. The van der Waals surface area contributed by atoms with Crippen molar-refractivity contribution in [2.75, 3.05) is 7.05 Å². The Morgan fingerprint density at radius 2 is 1.43 bits per heavy atom. The number of nitrogens with zero attached hydrogens (tertiary/aromatic N) is 1. The molecular formula is C25H26N2O3. The first-order chi connectivity index (χ1) is 14.5. The molecule has 5 nitrogen and oxygen atoms in total. The Morgan fingerprint density at radius 3 is 2.10 bits per heavy atom. The van der Waals surface area contributed by atoms with Crippen LogP contribution >= 0.6 is 0 Å². The fourth-order valence-electron chi connectivity index (χ4n) is 3.12. The van der Waals surface area contributed by atoms with E-state index in [1.54, 1.807) is 43.1 Å². The van der Waals surface area contributed by atoms with Gasteiger partial charge in [-0.05, 0) is 30.2 Å². The summed E-state index contributed by atoms with van der Waals surface area (Å²) in [5, 5.41) is 2.90. The lowest BCUT2D eigenvalue weighted by Crippen LogP contribution is -2.38. The topological polar surface area (TPSA) is 58.6 Å². The number of benzene rings is 3. The molecule has 0 aliphatic heterocycles. The highest BCUT2D eigenvalue weighted by atomic mass is 16.5. The third kappa shape index (κ3) is 5.70. The average molecular weight is 402 g/mol. The number of amides is 2. The van der Waals surface area contributed by atoms with Crippen LogP contribution in [-0.4, -0.2) is 29.9 Å². The minimum absolute atomic E-state index is 0.154. The molecule has 0 spiro atoms. The molecule has 1 atom stereocenters. The van der Waals surface area contributed by atoms with Crippen molar-refractivity contribution in [1.29, 1.82) is 0 Å². The van der Waals surface area contributed by atoms with Crippen LogP contribution in [0.25, 0.3) is 0 Å². The number of hydrogen-bond acceptors (Lipinski definition) is 3. The second kappa shape index (κ2) is 10.3. The van der Waals surface area contributed by atoms with Crippen LogP contribution in [0.15, 0.2) is 84.9 Å². The summed E-state index contributed by atoms with van der Waals surface area (Å²) < 4.78 is 5.89. The molecule has 3 aromatic carbocycles. The quantitative estimate of drug-likeness (QED) is 0.619. The Labute approximate surface area is 177 Å². The molecule has 0 aliphatic rings. The summed E-state index contributed by atoms with van der Waals surface area (Å²) in [7, 11) is 1.74. The summed E-state index contributed by atoms with van der Waals surface area (Å²) in [6.45, 7) is 2.61. The lowest BCUT2D eigenvalue weighted by atomic mass is 10.1. The number of carbonyl (C=O) groups is 2. The fraction of sp³-hybridized carbons (Fsp3) is 0.200. The lowest BCUT2D eigenvalue weighted by molar-refractivity contribution is -0.137. The molecule has 5 heteroatoms. The Hall–Kier alpha value is -3.60. The number of ether oxygens (including phenoxy) is 1. The zero-order chi connectivity index (χ0) is 21.3. The molecule has 0 unspecified atom stereocenters. The summed E-state index contributed by atoms with van der Waals surface area (Å²) in [4.78, 5) is 27.0. The van der Waals surface area contributed by atoms with Crippen LogP contribution in [0.5, 0.6) is 5.75 Å². The van der Waals surface area contributed by atoms with Gasteiger partial charge in [-0.25, -0.2) is 0 Å². The van der Waals surface area contributed by atoms with E-state index < -0.39 is 6.10 Å². The molecule has 30 heavy (non-hydrogen) atoms. The molecule has 3 rings (SSSR count). The lowest BCUT2D eigenvalue weighted by Gasteiger charge is -2.23. The van der Waals surface area contributed by atoms with Gasteiger partial charge in [0.25, 0.3) is 11.8 Å². The molecule has 0 fully saturated rings. The predicted molar refractivity (Wildman–Crippen MR) is 117 cm³/mol. The van der Waals surface area contributed by atoms with E-state index in [2.05, 4.69) is 5.32 Å². The maximum Gasteiger partial charge on any atom is 0.263 e. The molecule has 1 N–H and O–H groups in total. The molecule has 0 radical (unpaired) electrons. The van der Waals surface area contributed by atoms with Crippen LogP contribution in [0.3, 0.4) is 0 Å². The minimum atomic E-state index is -0.721. The van der Waals surface area contributed by atoms with E-state index in [0.29, 0.717) is 24.4 Å². The monoisotopic (exact) mass is 402 g/mol. The highest BCUT2D eigenvalue weighted by Crippen LogP contribution is 2.20. The van der Waals surface area contributed by atoms with Gasteiger partial charge in [-0.15, -0.1) is 0 Å². The van der Waals surface area contributed by atoms with E-state index in [0.717, 1.165) is 11.1 Å². The second-order valence-corrected chi connectivity index (χ2v) is 7.10. The highest BCUT2D eigenvalue weighted by Gasteiger charge is 2.22. The average Bonchev–Trinajstić information content (AvgIpc) is 2.78. The molecule has 0 bridgehead atoms. The third-order valence-corrected chi connectivity index (χ3v) is 4.72. The maximum atomic E-state index is 12.7. The summed E-state index contributed by atoms with van der Waals surface area (Å²) >= 11 is 0. The van der Waals surface area contributed by atoms with Gasteiger partial charge in [-0.1, -0.05) is 72.8 Å². The molecule has 0 saturated heterocycles. The van der Waals surface area contributed by atoms with Crippen LogP contribution in [0, 0.1) is 0 Å². The number of hydrogen-bond donors (Lipinski definition) is 1. The Bertz CT molecular complexity index is 974. The third-order valence-electron chi connectivity index (χ3n) is 4.72. The zero-order valence-corrected chi connectivity index (χ0v) is 17.2. The van der Waals surface area contributed by atoms with Gasteiger partial charge in [0.15, 0.2) is 6.10 Å². The number of carbonyl (C=O) groups excluding carboxylic acids is 2. The van der Waals surface area contributed by atoms with E-state index in [-0.39, 0.29) is 11.8 Å². The molecular weight excluding hydrogens is 376 g/mol. The summed E-state index contributed by atoms with van der Waals surface area (Å²) in [5.41, 5.74) is 2.45. The molecule has 0 aromatic heterocycles. The highest BCUT2D eigenvalue weighted by molar-refractivity contribution is 5.97. The van der Waals surface area contributed by atoms with E-state index in [4.69, 9.17) is 4.74 Å². The Morgan fingerprint density at radius 1 is 0.867 bits per heavy atom. The number of nitrogens with one attached hydrogen (secondary N) is 1. The van der Waals surface area contributed by atoms with Crippen molar-refractivity contribution in [2.24, 2.45) is 0 Å². The largest absolute Gasteiger partial charge is 0.480 e. The van der Waals surface area contributed by atoms with Gasteiger partial charge in [0.05, 0.1) is 5.56 Å². The standard InChI is InChI=1S/C25H26N2O3/c1-19(25(29)27(2)18-21-13-7-4-8-14-21)30-23-16-10-9-15-22(23)24(28)26-17-20-11-5-3-6-12-20/h3-16,19H,17-18H2,1-2H3,(H,26,28)/t19-/m1/s1. The number of likely N-dealkylation sites (N-methyl/N-ethyl adjacent to an activating group) is 1. The van der Waals surface area contributed by atoms with Crippen LogP contribution in [0.2, 0.25) is 0 Å². The van der Waals surface area contributed by atoms with Gasteiger partial charge < -0.3 is 15.0 Å². The van der Waals surface area contributed by atoms with Gasteiger partial charge >= 0.3 is 0 Å². The van der Waals surface area contributed by atoms with Crippen LogP contribution in [-0.2, 0) is 17.9 Å². The van der Waals surface area contributed by atoms with Gasteiger partial charge in [-0.2, -0.15) is 0 Å². The number of rotatable bonds is 8. The summed E-state index contributed by atoms with van der Waals surface area (Å²) in [6, 6.07) is 26.4. The van der Waals surface area contributed by atoms with Crippen molar-refractivity contribution in [1.82, 2.24) is 10.2 Å². The smallest absolute Gasteiger partial charge is 0.263 e. The molecule has 3 aromatic rings. The van der Waals surface area contributed by atoms with Crippen LogP contribution < -0.4 is 10.1 Å². The second-order valence-electron chi connectivity index (χ2n) is 7.10. The van der Waals surface area contributed by atoms with Gasteiger partial charge in [0, 0.05) is 20.1 Å². The van der Waals surface area contributed by atoms with Crippen molar-refractivity contribution in [3.63, 3.8) is 0 Å². The first-order valence-corrected chi connectivity index (χ1v) is 9.91. The molecule has 2 amide bonds. The van der Waals surface area contributed by atoms with Gasteiger partial charge in [-0.3, -0.25) is 9.59 Å². The molecule has 0 saturated carbocycles. The molecule has 0 aliphatic carbocycles. The summed E-state index contributed by atoms with van der Waals surface area (Å²) in [6.07, 6.45) is -0.721. The predicted octanol–water partition coefficient (Wildman–Crippen LogP) is 4.04. The minimum Gasteiger partial charge on any atom is -0.480 e. The molecule has 0 heterocycles. The van der Waals surface area contributed by atoms with E-state index >= 15 is 0 Å². The van der Waals surface area contributed by atoms with Gasteiger partial charge in [0.1, 0.15) is 5.75 Å². The fourth-order valence-corrected chi connectivity index (χ4v) is 3.12. The van der Waals surface area contributed by atoms with Crippen molar-refractivity contribution in [3.8, 4) is 5.75 Å². The van der Waals surface area contributed by atoms with Gasteiger partial charge in [0.2, 0.25) is 0 Å². The SMILES string of the molecule is C[C@@H](Oc1ccccc1C(=O)NCc1ccccc1)C(=O)N(C)Cc1ccccc1. The van der Waals surface area contributed by atoms with E-state index in [1.807, 2.05) is 60.7 Å². The first kappa shape index (κ1) is 21.1. The number of para-hydroxylation sites is 1. The van der Waals surface area contributed by atoms with E-state index in [9.17, 15) is 9.59 Å².